The van der Waals surface area contributed by atoms with Gasteiger partial charge in [0, 0.05) is 25.2 Å². The molecule has 0 aromatic heterocycles. The quantitative estimate of drug-likeness (QED) is 0.727. The summed E-state index contributed by atoms with van der Waals surface area (Å²) >= 11 is 0. The lowest BCUT2D eigenvalue weighted by Gasteiger charge is -2.29. The SMILES string of the molecule is CCC(C)N1CCCN(C2CCCC2)CC1. The third kappa shape index (κ3) is 2.98. The van der Waals surface area contributed by atoms with Gasteiger partial charge in [-0.05, 0) is 45.7 Å². The first-order valence-corrected chi connectivity index (χ1v) is 7.29. The van der Waals surface area contributed by atoms with Crippen LogP contribution in [-0.2, 0) is 0 Å². The van der Waals surface area contributed by atoms with Gasteiger partial charge in [-0.3, -0.25) is 9.80 Å². The molecule has 1 aliphatic heterocycles. The summed E-state index contributed by atoms with van der Waals surface area (Å²) in [7, 11) is 0. The van der Waals surface area contributed by atoms with Crippen molar-refractivity contribution < 1.29 is 0 Å². The molecule has 94 valence electrons. The topological polar surface area (TPSA) is 6.48 Å². The van der Waals surface area contributed by atoms with Crippen LogP contribution in [0.25, 0.3) is 0 Å². The Hall–Kier alpha value is -0.0800. The highest BCUT2D eigenvalue weighted by Gasteiger charge is 2.25. The van der Waals surface area contributed by atoms with E-state index >= 15 is 0 Å². The van der Waals surface area contributed by atoms with Gasteiger partial charge in [0.25, 0.3) is 0 Å². The second kappa shape index (κ2) is 6.02. The third-order valence-corrected chi connectivity index (χ3v) is 4.62. The van der Waals surface area contributed by atoms with Crippen molar-refractivity contribution in [1.29, 1.82) is 0 Å². The zero-order chi connectivity index (χ0) is 11.4. The normalized spacial score (nSPS) is 28.1. The van der Waals surface area contributed by atoms with Crippen LogP contribution in [0.3, 0.4) is 0 Å². The molecule has 2 heteroatoms. The molecule has 1 heterocycles. The van der Waals surface area contributed by atoms with E-state index in [0.29, 0.717) is 0 Å². The van der Waals surface area contributed by atoms with E-state index in [9.17, 15) is 0 Å². The van der Waals surface area contributed by atoms with Crippen LogP contribution in [0.5, 0.6) is 0 Å². The highest BCUT2D eigenvalue weighted by atomic mass is 15.2. The smallest absolute Gasteiger partial charge is 0.0112 e. The lowest BCUT2D eigenvalue weighted by Crippen LogP contribution is -2.39. The minimum Gasteiger partial charge on any atom is -0.299 e. The predicted octanol–water partition coefficient (Wildman–Crippen LogP) is 2.74. The van der Waals surface area contributed by atoms with Crippen molar-refractivity contribution in [2.75, 3.05) is 26.2 Å². The van der Waals surface area contributed by atoms with Crippen LogP contribution in [0.4, 0.5) is 0 Å². The first-order valence-electron chi connectivity index (χ1n) is 7.29. The maximum Gasteiger partial charge on any atom is 0.0112 e. The second-order valence-electron chi connectivity index (χ2n) is 5.62. The van der Waals surface area contributed by atoms with E-state index in [4.69, 9.17) is 0 Å². The molecule has 1 unspecified atom stereocenters. The number of hydrogen-bond acceptors (Lipinski definition) is 2. The van der Waals surface area contributed by atoms with E-state index < -0.39 is 0 Å². The maximum absolute atomic E-state index is 2.77. The van der Waals surface area contributed by atoms with Crippen molar-refractivity contribution in [3.63, 3.8) is 0 Å². The van der Waals surface area contributed by atoms with Crippen molar-refractivity contribution >= 4 is 0 Å². The molecular weight excluding hydrogens is 196 g/mol. The van der Waals surface area contributed by atoms with Crippen molar-refractivity contribution in [2.45, 2.75) is 64.5 Å². The Morgan fingerprint density at radius 1 is 1.00 bits per heavy atom. The Morgan fingerprint density at radius 2 is 1.75 bits per heavy atom. The molecule has 0 bridgehead atoms. The highest BCUT2D eigenvalue weighted by molar-refractivity contribution is 4.81. The molecule has 0 spiro atoms. The number of rotatable bonds is 3. The van der Waals surface area contributed by atoms with Gasteiger partial charge in [-0.1, -0.05) is 19.8 Å². The van der Waals surface area contributed by atoms with E-state index in [2.05, 4.69) is 23.6 Å². The molecule has 1 saturated carbocycles. The highest BCUT2D eigenvalue weighted by Crippen LogP contribution is 2.24. The molecule has 0 radical (unpaired) electrons. The fourth-order valence-electron chi connectivity index (χ4n) is 3.29. The Balaban J connectivity index is 1.82. The zero-order valence-corrected chi connectivity index (χ0v) is 11.1. The van der Waals surface area contributed by atoms with Crippen LogP contribution in [0.1, 0.15) is 52.4 Å². The Morgan fingerprint density at radius 3 is 2.44 bits per heavy atom. The lowest BCUT2D eigenvalue weighted by atomic mass is 10.2. The van der Waals surface area contributed by atoms with Gasteiger partial charge in [0.05, 0.1) is 0 Å². The Labute approximate surface area is 101 Å². The molecule has 0 aromatic carbocycles. The predicted molar refractivity (Wildman–Crippen MR) is 69.8 cm³/mol. The summed E-state index contributed by atoms with van der Waals surface area (Å²) < 4.78 is 0. The number of nitrogens with zero attached hydrogens (tertiary/aromatic N) is 2. The third-order valence-electron chi connectivity index (χ3n) is 4.62. The summed E-state index contributed by atoms with van der Waals surface area (Å²) in [6, 6.07) is 1.71. The molecule has 1 saturated heterocycles. The minimum absolute atomic E-state index is 0.781. The molecule has 0 amide bonds. The van der Waals surface area contributed by atoms with Crippen LogP contribution >= 0.6 is 0 Å². The average Bonchev–Trinajstić information content (AvgIpc) is 2.73. The number of hydrogen-bond donors (Lipinski definition) is 0. The summed E-state index contributed by atoms with van der Waals surface area (Å²) in [6.07, 6.45) is 8.53. The van der Waals surface area contributed by atoms with Crippen molar-refractivity contribution in [1.82, 2.24) is 9.80 Å². The van der Waals surface area contributed by atoms with Crippen molar-refractivity contribution in [2.24, 2.45) is 0 Å². The summed E-state index contributed by atoms with van der Waals surface area (Å²) in [5, 5.41) is 0. The van der Waals surface area contributed by atoms with Gasteiger partial charge in [-0.2, -0.15) is 0 Å². The van der Waals surface area contributed by atoms with Gasteiger partial charge in [-0.15, -0.1) is 0 Å². The molecule has 2 aliphatic rings. The van der Waals surface area contributed by atoms with Gasteiger partial charge in [0.1, 0.15) is 0 Å². The van der Waals surface area contributed by atoms with Gasteiger partial charge in [0.2, 0.25) is 0 Å². The molecule has 0 N–H and O–H groups in total. The fourth-order valence-corrected chi connectivity index (χ4v) is 3.29. The average molecular weight is 224 g/mol. The van der Waals surface area contributed by atoms with Crippen LogP contribution in [-0.4, -0.2) is 48.1 Å². The summed E-state index contributed by atoms with van der Waals surface area (Å²) in [4.78, 5) is 5.46. The van der Waals surface area contributed by atoms with E-state index in [1.165, 1.54) is 64.7 Å². The van der Waals surface area contributed by atoms with E-state index in [-0.39, 0.29) is 0 Å². The Bertz CT molecular complexity index is 199. The molecule has 2 rings (SSSR count). The minimum atomic E-state index is 0.781. The molecular formula is C14H28N2. The van der Waals surface area contributed by atoms with E-state index in [1.807, 2.05) is 0 Å². The first-order chi connectivity index (χ1) is 7.81. The van der Waals surface area contributed by atoms with Crippen LogP contribution in [0.15, 0.2) is 0 Å². The van der Waals surface area contributed by atoms with Crippen LogP contribution in [0, 0.1) is 0 Å². The Kier molecular flexibility index (Phi) is 4.66. The van der Waals surface area contributed by atoms with Gasteiger partial charge >= 0.3 is 0 Å². The molecule has 2 fully saturated rings. The molecule has 1 aliphatic carbocycles. The van der Waals surface area contributed by atoms with Gasteiger partial charge < -0.3 is 0 Å². The molecule has 2 nitrogen and oxygen atoms in total. The van der Waals surface area contributed by atoms with Crippen molar-refractivity contribution in [3.8, 4) is 0 Å². The zero-order valence-electron chi connectivity index (χ0n) is 11.1. The van der Waals surface area contributed by atoms with Crippen LogP contribution in [0.2, 0.25) is 0 Å². The summed E-state index contributed by atoms with van der Waals surface area (Å²) in [6.45, 7) is 9.96. The monoisotopic (exact) mass is 224 g/mol. The standard InChI is InChI=1S/C14H28N2/c1-3-13(2)15-9-6-10-16(12-11-15)14-7-4-5-8-14/h13-14H,3-12H2,1-2H3. The van der Waals surface area contributed by atoms with Gasteiger partial charge in [0.15, 0.2) is 0 Å². The molecule has 1 atom stereocenters. The first kappa shape index (κ1) is 12.4. The largest absolute Gasteiger partial charge is 0.299 e. The van der Waals surface area contributed by atoms with Crippen molar-refractivity contribution in [3.05, 3.63) is 0 Å². The second-order valence-corrected chi connectivity index (χ2v) is 5.62. The fraction of sp³-hybridized carbons (Fsp3) is 1.00. The van der Waals surface area contributed by atoms with Gasteiger partial charge in [-0.25, -0.2) is 0 Å². The molecule has 0 aromatic rings. The summed E-state index contributed by atoms with van der Waals surface area (Å²) in [5.74, 6) is 0. The summed E-state index contributed by atoms with van der Waals surface area (Å²) in [5.41, 5.74) is 0. The van der Waals surface area contributed by atoms with E-state index in [1.54, 1.807) is 0 Å². The molecule has 16 heavy (non-hydrogen) atoms. The maximum atomic E-state index is 2.77. The van der Waals surface area contributed by atoms with E-state index in [0.717, 1.165) is 12.1 Å². The van der Waals surface area contributed by atoms with Crippen LogP contribution < -0.4 is 0 Å². The lowest BCUT2D eigenvalue weighted by molar-refractivity contribution is 0.181.